The van der Waals surface area contributed by atoms with Crippen LogP contribution in [0.1, 0.15) is 19.3 Å². The highest BCUT2D eigenvalue weighted by molar-refractivity contribution is 7.99. The number of piperidine rings is 1. The van der Waals surface area contributed by atoms with E-state index in [0.29, 0.717) is 0 Å². The summed E-state index contributed by atoms with van der Waals surface area (Å²) in [5.74, 6) is 1.77. The Labute approximate surface area is 101 Å². The van der Waals surface area contributed by atoms with Crippen LogP contribution in [0, 0.1) is 11.7 Å². The molecule has 1 fully saturated rings. The number of benzene rings is 1. The highest BCUT2D eigenvalue weighted by Gasteiger charge is 2.12. The molecule has 0 bridgehead atoms. The van der Waals surface area contributed by atoms with Gasteiger partial charge in [-0.15, -0.1) is 11.8 Å². The van der Waals surface area contributed by atoms with Gasteiger partial charge in [-0.3, -0.25) is 0 Å². The fraction of sp³-hybridized carbons (Fsp3) is 0.538. The predicted octanol–water partition coefficient (Wildman–Crippen LogP) is 3.31. The van der Waals surface area contributed by atoms with Crippen molar-refractivity contribution in [3.8, 4) is 0 Å². The first kappa shape index (κ1) is 11.9. The zero-order valence-electron chi connectivity index (χ0n) is 9.42. The largest absolute Gasteiger partial charge is 0.316 e. The minimum absolute atomic E-state index is 0.135. The van der Waals surface area contributed by atoms with Gasteiger partial charge >= 0.3 is 0 Å². The van der Waals surface area contributed by atoms with Crippen molar-refractivity contribution in [2.75, 3.05) is 18.8 Å². The normalized spacial score (nSPS) is 20.9. The molecule has 0 amide bonds. The maximum absolute atomic E-state index is 12.9. The Morgan fingerprint density at radius 1 is 1.44 bits per heavy atom. The van der Waals surface area contributed by atoms with E-state index < -0.39 is 0 Å². The van der Waals surface area contributed by atoms with Crippen molar-refractivity contribution in [2.24, 2.45) is 5.92 Å². The zero-order chi connectivity index (χ0) is 11.2. The van der Waals surface area contributed by atoms with E-state index in [1.54, 1.807) is 23.9 Å². The molecule has 1 atom stereocenters. The first-order chi connectivity index (χ1) is 7.84. The maximum atomic E-state index is 12.9. The molecule has 1 aromatic rings. The van der Waals surface area contributed by atoms with Crippen molar-refractivity contribution in [1.82, 2.24) is 5.32 Å². The molecule has 1 saturated heterocycles. The van der Waals surface area contributed by atoms with E-state index in [9.17, 15) is 4.39 Å². The summed E-state index contributed by atoms with van der Waals surface area (Å²) in [6, 6.07) is 6.87. The Morgan fingerprint density at radius 2 is 2.38 bits per heavy atom. The van der Waals surface area contributed by atoms with Gasteiger partial charge in [0.05, 0.1) is 0 Å². The standard InChI is InChI=1S/C13H18FNS/c14-12-4-1-5-13(9-12)16-8-6-11-3-2-7-15-10-11/h1,4-5,9,11,15H,2-3,6-8,10H2. The predicted molar refractivity (Wildman–Crippen MR) is 67.3 cm³/mol. The van der Waals surface area contributed by atoms with Gasteiger partial charge in [-0.2, -0.15) is 0 Å². The summed E-state index contributed by atoms with van der Waals surface area (Å²) < 4.78 is 12.9. The Hall–Kier alpha value is -0.540. The zero-order valence-corrected chi connectivity index (χ0v) is 10.2. The lowest BCUT2D eigenvalue weighted by atomic mass is 9.97. The van der Waals surface area contributed by atoms with Crippen LogP contribution < -0.4 is 5.32 Å². The number of rotatable bonds is 4. The summed E-state index contributed by atoms with van der Waals surface area (Å²) in [6.07, 6.45) is 3.88. The van der Waals surface area contributed by atoms with Crippen LogP contribution in [0.4, 0.5) is 4.39 Å². The van der Waals surface area contributed by atoms with Crippen LogP contribution in [0.25, 0.3) is 0 Å². The highest BCUT2D eigenvalue weighted by atomic mass is 32.2. The second kappa shape index (κ2) is 6.26. The van der Waals surface area contributed by atoms with Gasteiger partial charge < -0.3 is 5.32 Å². The van der Waals surface area contributed by atoms with Crippen LogP contribution in [0.15, 0.2) is 29.2 Å². The molecule has 1 heterocycles. The number of hydrogen-bond acceptors (Lipinski definition) is 2. The fourth-order valence-electron chi connectivity index (χ4n) is 2.07. The molecule has 0 aliphatic carbocycles. The van der Waals surface area contributed by atoms with Gasteiger partial charge in [0, 0.05) is 4.90 Å². The van der Waals surface area contributed by atoms with Gasteiger partial charge in [-0.05, 0) is 62.2 Å². The van der Waals surface area contributed by atoms with Gasteiger partial charge in [0.2, 0.25) is 0 Å². The summed E-state index contributed by atoms with van der Waals surface area (Å²) in [5, 5.41) is 3.42. The third kappa shape index (κ3) is 3.80. The van der Waals surface area contributed by atoms with Gasteiger partial charge in [-0.1, -0.05) is 6.07 Å². The second-order valence-corrected chi connectivity index (χ2v) is 5.48. The Balaban J connectivity index is 1.71. The molecule has 16 heavy (non-hydrogen) atoms. The van der Waals surface area contributed by atoms with E-state index >= 15 is 0 Å². The summed E-state index contributed by atoms with van der Waals surface area (Å²) >= 11 is 1.76. The smallest absolute Gasteiger partial charge is 0.124 e. The van der Waals surface area contributed by atoms with Crippen LogP contribution in [0.5, 0.6) is 0 Å². The SMILES string of the molecule is Fc1cccc(SCCC2CCCNC2)c1. The molecular weight excluding hydrogens is 221 g/mol. The molecule has 88 valence electrons. The third-order valence-electron chi connectivity index (χ3n) is 2.99. The van der Waals surface area contributed by atoms with Crippen molar-refractivity contribution >= 4 is 11.8 Å². The van der Waals surface area contributed by atoms with Gasteiger partial charge in [0.1, 0.15) is 5.82 Å². The lowest BCUT2D eigenvalue weighted by molar-refractivity contribution is 0.371. The molecule has 2 rings (SSSR count). The van der Waals surface area contributed by atoms with Crippen molar-refractivity contribution in [2.45, 2.75) is 24.2 Å². The molecular formula is C13H18FNS. The number of nitrogens with one attached hydrogen (secondary N) is 1. The van der Waals surface area contributed by atoms with Crippen molar-refractivity contribution in [1.29, 1.82) is 0 Å². The van der Waals surface area contributed by atoms with Crippen molar-refractivity contribution < 1.29 is 4.39 Å². The molecule has 0 radical (unpaired) electrons. The summed E-state index contributed by atoms with van der Waals surface area (Å²) in [6.45, 7) is 2.33. The summed E-state index contributed by atoms with van der Waals surface area (Å²) in [5.41, 5.74) is 0. The van der Waals surface area contributed by atoms with Gasteiger partial charge in [0.15, 0.2) is 0 Å². The van der Waals surface area contributed by atoms with Gasteiger partial charge in [-0.25, -0.2) is 4.39 Å². The Kier molecular flexibility index (Phi) is 4.67. The first-order valence-electron chi connectivity index (χ1n) is 5.94. The monoisotopic (exact) mass is 239 g/mol. The average Bonchev–Trinajstić information content (AvgIpc) is 2.30. The molecule has 1 nitrogen and oxygen atoms in total. The van der Waals surface area contributed by atoms with E-state index in [1.165, 1.54) is 31.9 Å². The van der Waals surface area contributed by atoms with Crippen molar-refractivity contribution in [3.05, 3.63) is 30.1 Å². The lowest BCUT2D eigenvalue weighted by Crippen LogP contribution is -2.29. The molecule has 1 unspecified atom stereocenters. The molecule has 1 N–H and O–H groups in total. The number of halogens is 1. The number of hydrogen-bond donors (Lipinski definition) is 1. The molecule has 1 aliphatic rings. The minimum atomic E-state index is -0.135. The van der Waals surface area contributed by atoms with E-state index in [-0.39, 0.29) is 5.82 Å². The van der Waals surface area contributed by atoms with Crippen LogP contribution >= 0.6 is 11.8 Å². The second-order valence-electron chi connectivity index (χ2n) is 4.31. The van der Waals surface area contributed by atoms with Crippen molar-refractivity contribution in [3.63, 3.8) is 0 Å². The summed E-state index contributed by atoms with van der Waals surface area (Å²) in [4.78, 5) is 1.05. The summed E-state index contributed by atoms with van der Waals surface area (Å²) in [7, 11) is 0. The maximum Gasteiger partial charge on any atom is 0.124 e. The van der Waals surface area contributed by atoms with Crippen LogP contribution in [0.2, 0.25) is 0 Å². The van der Waals surface area contributed by atoms with Crippen LogP contribution in [0.3, 0.4) is 0 Å². The highest BCUT2D eigenvalue weighted by Crippen LogP contribution is 2.23. The van der Waals surface area contributed by atoms with E-state index in [1.807, 2.05) is 6.07 Å². The minimum Gasteiger partial charge on any atom is -0.316 e. The van der Waals surface area contributed by atoms with E-state index in [0.717, 1.165) is 23.1 Å². The molecule has 0 saturated carbocycles. The molecule has 0 spiro atoms. The molecule has 1 aromatic carbocycles. The van der Waals surface area contributed by atoms with Crippen LogP contribution in [-0.4, -0.2) is 18.8 Å². The topological polar surface area (TPSA) is 12.0 Å². The Bertz CT molecular complexity index is 323. The van der Waals surface area contributed by atoms with E-state index in [2.05, 4.69) is 5.32 Å². The van der Waals surface area contributed by atoms with Gasteiger partial charge in [0.25, 0.3) is 0 Å². The quantitative estimate of drug-likeness (QED) is 0.809. The molecule has 3 heteroatoms. The van der Waals surface area contributed by atoms with E-state index in [4.69, 9.17) is 0 Å². The van der Waals surface area contributed by atoms with Crippen LogP contribution in [-0.2, 0) is 0 Å². The molecule has 1 aliphatic heterocycles. The number of thioether (sulfide) groups is 1. The Morgan fingerprint density at radius 3 is 3.12 bits per heavy atom. The lowest BCUT2D eigenvalue weighted by Gasteiger charge is -2.22. The first-order valence-corrected chi connectivity index (χ1v) is 6.92. The third-order valence-corrected chi connectivity index (χ3v) is 4.02. The average molecular weight is 239 g/mol. The molecule has 0 aromatic heterocycles. The fourth-order valence-corrected chi connectivity index (χ4v) is 3.13.